The number of hydroxylamine groups is 1. The molecule has 12 heavy (non-hydrogen) atoms. The molecule has 0 spiro atoms. The Morgan fingerprint density at radius 1 is 1.83 bits per heavy atom. The van der Waals surface area contributed by atoms with Gasteiger partial charge in [-0.25, -0.2) is 5.48 Å². The van der Waals surface area contributed by atoms with Crippen LogP contribution in [0.1, 0.15) is 5.69 Å². The minimum atomic E-state index is -0.180. The zero-order valence-electron chi connectivity index (χ0n) is 7.07. The van der Waals surface area contributed by atoms with Crippen LogP contribution >= 0.6 is 0 Å². The molecule has 0 radical (unpaired) electrons. The largest absolute Gasteiger partial charge is 0.277 e. The van der Waals surface area contributed by atoms with Crippen LogP contribution in [0.4, 0.5) is 0 Å². The molecule has 0 fully saturated rings. The lowest BCUT2D eigenvalue weighted by Gasteiger charge is -2.01. The number of aryl methyl sites for hydroxylation is 1. The predicted octanol–water partition coefficient (Wildman–Crippen LogP) is -0.360. The molecule has 0 saturated heterocycles. The molecule has 5 nitrogen and oxygen atoms in total. The average Bonchev–Trinajstić information content (AvgIpc) is 2.37. The average molecular weight is 169 g/mol. The molecule has 1 N–H and O–H groups in total. The monoisotopic (exact) mass is 169 g/mol. The molecular formula is C7H11N3O2. The minimum absolute atomic E-state index is 0.180. The lowest BCUT2D eigenvalue weighted by atomic mass is 10.3. The topological polar surface area (TPSA) is 56.1 Å². The number of rotatable bonds is 3. The maximum Gasteiger partial charge on any atom is 0.249 e. The summed E-state index contributed by atoms with van der Waals surface area (Å²) >= 11 is 0. The van der Waals surface area contributed by atoms with Gasteiger partial charge < -0.3 is 0 Å². The molecule has 5 heteroatoms. The van der Waals surface area contributed by atoms with Crippen LogP contribution in [0.25, 0.3) is 0 Å². The fourth-order valence-corrected chi connectivity index (χ4v) is 0.889. The number of hydrogen-bond acceptors (Lipinski definition) is 3. The summed E-state index contributed by atoms with van der Waals surface area (Å²) in [4.78, 5) is 15.4. The molecule has 0 aliphatic rings. The van der Waals surface area contributed by atoms with Crippen molar-refractivity contribution in [1.29, 1.82) is 0 Å². The van der Waals surface area contributed by atoms with Gasteiger partial charge in [-0.1, -0.05) is 0 Å². The summed E-state index contributed by atoms with van der Waals surface area (Å²) in [5, 5.41) is 3.93. The first-order valence-electron chi connectivity index (χ1n) is 3.52. The van der Waals surface area contributed by atoms with Crippen molar-refractivity contribution in [3.8, 4) is 0 Å². The maximum atomic E-state index is 11.0. The van der Waals surface area contributed by atoms with Gasteiger partial charge in [0.05, 0.1) is 13.5 Å². The van der Waals surface area contributed by atoms with Crippen molar-refractivity contribution >= 4 is 5.91 Å². The third-order valence-electron chi connectivity index (χ3n) is 1.48. The van der Waals surface area contributed by atoms with Crippen molar-refractivity contribution in [3.05, 3.63) is 18.0 Å². The SMILES string of the molecule is CONC(=O)Cc1ccnn1C. The van der Waals surface area contributed by atoms with Gasteiger partial charge >= 0.3 is 0 Å². The van der Waals surface area contributed by atoms with E-state index in [2.05, 4.69) is 15.4 Å². The van der Waals surface area contributed by atoms with Gasteiger partial charge in [0.2, 0.25) is 5.91 Å². The van der Waals surface area contributed by atoms with Crippen molar-refractivity contribution in [2.45, 2.75) is 6.42 Å². The molecule has 1 rings (SSSR count). The normalized spacial score (nSPS) is 9.83. The lowest BCUT2D eigenvalue weighted by Crippen LogP contribution is -2.24. The molecule has 1 aromatic heterocycles. The Hall–Kier alpha value is -1.36. The quantitative estimate of drug-likeness (QED) is 0.629. The Morgan fingerprint density at radius 3 is 3.08 bits per heavy atom. The Balaban J connectivity index is 2.52. The second kappa shape index (κ2) is 3.87. The first-order chi connectivity index (χ1) is 5.74. The van der Waals surface area contributed by atoms with Crippen LogP contribution in [0, 0.1) is 0 Å². The van der Waals surface area contributed by atoms with Gasteiger partial charge in [-0.3, -0.25) is 14.3 Å². The van der Waals surface area contributed by atoms with Crippen molar-refractivity contribution in [2.75, 3.05) is 7.11 Å². The molecule has 0 aromatic carbocycles. The van der Waals surface area contributed by atoms with Crippen LogP contribution in [0.3, 0.4) is 0 Å². The van der Waals surface area contributed by atoms with Gasteiger partial charge in [0.25, 0.3) is 0 Å². The van der Waals surface area contributed by atoms with E-state index in [0.717, 1.165) is 5.69 Å². The highest BCUT2D eigenvalue weighted by molar-refractivity contribution is 5.76. The van der Waals surface area contributed by atoms with E-state index in [0.29, 0.717) is 0 Å². The predicted molar refractivity (Wildman–Crippen MR) is 42.1 cm³/mol. The number of carbonyl (C=O) groups is 1. The highest BCUT2D eigenvalue weighted by Gasteiger charge is 2.04. The van der Waals surface area contributed by atoms with Gasteiger partial charge in [0, 0.05) is 18.9 Å². The summed E-state index contributed by atoms with van der Waals surface area (Å²) in [5.74, 6) is -0.180. The number of amides is 1. The lowest BCUT2D eigenvalue weighted by molar-refractivity contribution is -0.130. The summed E-state index contributed by atoms with van der Waals surface area (Å²) < 4.78 is 1.65. The molecule has 1 aromatic rings. The zero-order chi connectivity index (χ0) is 8.97. The third kappa shape index (κ3) is 2.06. The highest BCUT2D eigenvalue weighted by atomic mass is 16.6. The van der Waals surface area contributed by atoms with Crippen LogP contribution in [0.2, 0.25) is 0 Å². The highest BCUT2D eigenvalue weighted by Crippen LogP contribution is 1.96. The maximum absolute atomic E-state index is 11.0. The van der Waals surface area contributed by atoms with Gasteiger partial charge in [-0.2, -0.15) is 5.10 Å². The van der Waals surface area contributed by atoms with Crippen molar-refractivity contribution in [3.63, 3.8) is 0 Å². The summed E-state index contributed by atoms with van der Waals surface area (Å²) in [5.41, 5.74) is 3.08. The summed E-state index contributed by atoms with van der Waals surface area (Å²) in [6.07, 6.45) is 1.93. The van der Waals surface area contributed by atoms with Crippen molar-refractivity contribution < 1.29 is 9.63 Å². The van der Waals surface area contributed by atoms with E-state index in [-0.39, 0.29) is 12.3 Å². The molecule has 66 valence electrons. The van der Waals surface area contributed by atoms with Crippen LogP contribution in [0.5, 0.6) is 0 Å². The fourth-order valence-electron chi connectivity index (χ4n) is 0.889. The molecule has 1 heterocycles. The third-order valence-corrected chi connectivity index (χ3v) is 1.48. The van der Waals surface area contributed by atoms with E-state index in [1.54, 1.807) is 24.0 Å². The first-order valence-corrected chi connectivity index (χ1v) is 3.52. The van der Waals surface area contributed by atoms with Crippen LogP contribution in [-0.4, -0.2) is 22.8 Å². The number of aromatic nitrogens is 2. The number of nitrogens with zero attached hydrogens (tertiary/aromatic N) is 2. The summed E-state index contributed by atoms with van der Waals surface area (Å²) in [6.45, 7) is 0. The molecule has 0 aliphatic heterocycles. The van der Waals surface area contributed by atoms with Gasteiger partial charge in [0.15, 0.2) is 0 Å². The second-order valence-corrected chi connectivity index (χ2v) is 2.35. The minimum Gasteiger partial charge on any atom is -0.277 e. The Labute approximate surface area is 70.3 Å². The van der Waals surface area contributed by atoms with E-state index in [1.165, 1.54) is 7.11 Å². The Bertz CT molecular complexity index is 269. The molecule has 0 bridgehead atoms. The Kier molecular flexibility index (Phi) is 2.82. The van der Waals surface area contributed by atoms with Crippen LogP contribution in [0.15, 0.2) is 12.3 Å². The van der Waals surface area contributed by atoms with E-state index in [1.807, 2.05) is 0 Å². The molecular weight excluding hydrogens is 158 g/mol. The fraction of sp³-hybridized carbons (Fsp3) is 0.429. The molecule has 1 amide bonds. The molecule has 0 atom stereocenters. The van der Waals surface area contributed by atoms with Crippen LogP contribution < -0.4 is 5.48 Å². The van der Waals surface area contributed by atoms with Crippen molar-refractivity contribution in [1.82, 2.24) is 15.3 Å². The number of nitrogens with one attached hydrogen (secondary N) is 1. The van der Waals surface area contributed by atoms with Gasteiger partial charge in [-0.15, -0.1) is 0 Å². The number of hydrogen-bond donors (Lipinski definition) is 1. The van der Waals surface area contributed by atoms with E-state index < -0.39 is 0 Å². The molecule has 0 aliphatic carbocycles. The van der Waals surface area contributed by atoms with Crippen LogP contribution in [-0.2, 0) is 23.1 Å². The summed E-state index contributed by atoms with van der Waals surface area (Å²) in [7, 11) is 3.19. The van der Waals surface area contributed by atoms with E-state index in [9.17, 15) is 4.79 Å². The number of carbonyl (C=O) groups excluding carboxylic acids is 1. The zero-order valence-corrected chi connectivity index (χ0v) is 7.07. The molecule has 0 saturated carbocycles. The van der Waals surface area contributed by atoms with Gasteiger partial charge in [0.1, 0.15) is 0 Å². The Morgan fingerprint density at radius 2 is 2.58 bits per heavy atom. The molecule has 0 unspecified atom stereocenters. The van der Waals surface area contributed by atoms with Crippen molar-refractivity contribution in [2.24, 2.45) is 7.05 Å². The van der Waals surface area contributed by atoms with E-state index in [4.69, 9.17) is 0 Å². The first kappa shape index (κ1) is 8.73. The van der Waals surface area contributed by atoms with E-state index >= 15 is 0 Å². The smallest absolute Gasteiger partial charge is 0.249 e. The standard InChI is InChI=1S/C7H11N3O2/c1-10-6(3-4-8-10)5-7(11)9-12-2/h3-4H,5H2,1-2H3,(H,9,11). The van der Waals surface area contributed by atoms with Gasteiger partial charge in [-0.05, 0) is 6.07 Å². The summed E-state index contributed by atoms with van der Waals surface area (Å²) in [6, 6.07) is 1.79. The second-order valence-electron chi connectivity index (χ2n) is 2.35.